The maximum Gasteiger partial charge on any atom is 0.410 e. The van der Waals surface area contributed by atoms with Crippen LogP contribution in [0.4, 0.5) is 10.8 Å². The number of carbonyl (C=O) groups excluding carboxylic acids is 1. The summed E-state index contributed by atoms with van der Waals surface area (Å²) >= 11 is 6.28. The van der Waals surface area contributed by atoms with E-state index in [1.165, 1.54) is 0 Å². The van der Waals surface area contributed by atoms with E-state index in [1.807, 2.05) is 33.8 Å². The SMILES string of the molecule is C[C@H]1CN(C(=O)OC(C)(C)C)CCN1c1nc2cc(Cl)cc(-c3ncc[nH]3)c2o1. The lowest BCUT2D eigenvalue weighted by Gasteiger charge is -2.39. The molecule has 1 amide bonds. The molecule has 3 heterocycles. The minimum absolute atomic E-state index is 0.0202. The van der Waals surface area contributed by atoms with E-state index in [9.17, 15) is 4.79 Å². The maximum atomic E-state index is 12.4. The fraction of sp³-hybridized carbons (Fsp3) is 0.450. The predicted octanol–water partition coefficient (Wildman–Crippen LogP) is 4.32. The second-order valence-corrected chi connectivity index (χ2v) is 8.64. The Morgan fingerprint density at radius 2 is 2.14 bits per heavy atom. The fourth-order valence-electron chi connectivity index (χ4n) is 3.43. The number of halogens is 1. The summed E-state index contributed by atoms with van der Waals surface area (Å²) in [5.41, 5.74) is 1.54. The molecule has 0 aliphatic carbocycles. The van der Waals surface area contributed by atoms with Crippen molar-refractivity contribution in [1.29, 1.82) is 0 Å². The van der Waals surface area contributed by atoms with Crippen LogP contribution >= 0.6 is 11.6 Å². The fourth-order valence-corrected chi connectivity index (χ4v) is 3.64. The molecule has 9 heteroatoms. The molecule has 8 nitrogen and oxygen atoms in total. The van der Waals surface area contributed by atoms with Crippen LogP contribution in [-0.4, -0.2) is 57.2 Å². The molecule has 1 aliphatic heterocycles. The number of hydrogen-bond acceptors (Lipinski definition) is 6. The van der Waals surface area contributed by atoms with E-state index in [2.05, 4.69) is 19.9 Å². The Hall–Kier alpha value is -2.74. The monoisotopic (exact) mass is 417 g/mol. The van der Waals surface area contributed by atoms with E-state index in [0.717, 1.165) is 5.56 Å². The number of rotatable bonds is 2. The lowest BCUT2D eigenvalue weighted by atomic mass is 10.2. The zero-order valence-electron chi connectivity index (χ0n) is 16.9. The van der Waals surface area contributed by atoms with Gasteiger partial charge in [-0.15, -0.1) is 0 Å². The molecule has 0 saturated carbocycles. The number of piperazine rings is 1. The molecule has 1 aliphatic rings. The van der Waals surface area contributed by atoms with Crippen molar-refractivity contribution in [2.45, 2.75) is 39.3 Å². The molecule has 0 bridgehead atoms. The van der Waals surface area contributed by atoms with Gasteiger partial charge < -0.3 is 23.9 Å². The van der Waals surface area contributed by atoms with Crippen LogP contribution in [0.2, 0.25) is 5.02 Å². The van der Waals surface area contributed by atoms with Gasteiger partial charge in [-0.05, 0) is 39.8 Å². The van der Waals surface area contributed by atoms with E-state index in [0.29, 0.717) is 47.6 Å². The van der Waals surface area contributed by atoms with Gasteiger partial charge in [0.05, 0.1) is 5.56 Å². The Balaban J connectivity index is 1.58. The van der Waals surface area contributed by atoms with Gasteiger partial charge in [-0.25, -0.2) is 9.78 Å². The number of fused-ring (bicyclic) bond motifs is 1. The standard InChI is InChI=1S/C20H24ClN5O3/c1-12-11-25(19(27)29-20(2,3)4)7-8-26(12)18-24-15-10-13(21)9-14(16(15)28-18)17-22-5-6-23-17/h5-6,9-10,12H,7-8,11H2,1-4H3,(H,22,23)/t12-/m0/s1. The molecule has 29 heavy (non-hydrogen) atoms. The Morgan fingerprint density at radius 1 is 1.34 bits per heavy atom. The largest absolute Gasteiger partial charge is 0.444 e. The van der Waals surface area contributed by atoms with Crippen LogP contribution in [0.25, 0.3) is 22.5 Å². The number of nitrogens with zero attached hydrogens (tertiary/aromatic N) is 4. The van der Waals surface area contributed by atoms with Crippen molar-refractivity contribution in [1.82, 2.24) is 19.9 Å². The summed E-state index contributed by atoms with van der Waals surface area (Å²) in [6.45, 7) is 9.28. The van der Waals surface area contributed by atoms with Crippen molar-refractivity contribution >= 4 is 34.8 Å². The quantitative estimate of drug-likeness (QED) is 0.668. The second-order valence-electron chi connectivity index (χ2n) is 8.20. The van der Waals surface area contributed by atoms with Gasteiger partial charge in [0, 0.05) is 43.1 Å². The lowest BCUT2D eigenvalue weighted by Crippen LogP contribution is -2.54. The van der Waals surface area contributed by atoms with E-state index < -0.39 is 5.60 Å². The highest BCUT2D eigenvalue weighted by Crippen LogP contribution is 2.34. The summed E-state index contributed by atoms with van der Waals surface area (Å²) in [6.07, 6.45) is 3.13. The number of hydrogen-bond donors (Lipinski definition) is 1. The Morgan fingerprint density at radius 3 is 2.79 bits per heavy atom. The number of anilines is 1. The molecule has 0 radical (unpaired) electrons. The molecule has 1 atom stereocenters. The van der Waals surface area contributed by atoms with Gasteiger partial charge >= 0.3 is 6.09 Å². The van der Waals surface area contributed by atoms with Crippen molar-refractivity contribution in [2.24, 2.45) is 0 Å². The summed E-state index contributed by atoms with van der Waals surface area (Å²) in [7, 11) is 0. The number of amides is 1. The van der Waals surface area contributed by atoms with E-state index in [-0.39, 0.29) is 12.1 Å². The highest BCUT2D eigenvalue weighted by atomic mass is 35.5. The van der Waals surface area contributed by atoms with Gasteiger partial charge in [0.15, 0.2) is 5.58 Å². The van der Waals surface area contributed by atoms with Crippen LogP contribution in [0, 0.1) is 0 Å². The van der Waals surface area contributed by atoms with Gasteiger partial charge in [0.25, 0.3) is 6.01 Å². The average Bonchev–Trinajstić information content (AvgIpc) is 3.29. The zero-order chi connectivity index (χ0) is 20.8. The molecule has 1 aromatic carbocycles. The predicted molar refractivity (Wildman–Crippen MR) is 111 cm³/mol. The Bertz CT molecular complexity index is 1020. The molecule has 3 aromatic rings. The third kappa shape index (κ3) is 4.03. The van der Waals surface area contributed by atoms with Gasteiger partial charge in [0.1, 0.15) is 16.9 Å². The first-order valence-electron chi connectivity index (χ1n) is 9.56. The summed E-state index contributed by atoms with van der Waals surface area (Å²) in [4.78, 5) is 28.2. The normalized spacial score (nSPS) is 17.8. The number of H-pyrrole nitrogens is 1. The van der Waals surface area contributed by atoms with Crippen LogP contribution in [0.1, 0.15) is 27.7 Å². The van der Waals surface area contributed by atoms with E-state index in [1.54, 1.807) is 23.4 Å². The number of imidazole rings is 1. The topological polar surface area (TPSA) is 87.5 Å². The minimum atomic E-state index is -0.515. The van der Waals surface area contributed by atoms with Crippen LogP contribution in [0.5, 0.6) is 0 Å². The number of benzene rings is 1. The molecule has 1 fully saturated rings. The molecule has 154 valence electrons. The highest BCUT2D eigenvalue weighted by Gasteiger charge is 2.32. The molecule has 0 spiro atoms. The van der Waals surface area contributed by atoms with Crippen LogP contribution in [0.3, 0.4) is 0 Å². The first-order valence-corrected chi connectivity index (χ1v) is 9.93. The lowest BCUT2D eigenvalue weighted by molar-refractivity contribution is 0.0216. The second kappa shape index (κ2) is 7.26. The molecule has 0 unspecified atom stereocenters. The molecule has 1 N–H and O–H groups in total. The first kappa shape index (κ1) is 19.6. The molecule has 4 rings (SSSR count). The summed E-state index contributed by atoms with van der Waals surface area (Å²) in [5, 5.41) is 0.562. The van der Waals surface area contributed by atoms with E-state index in [4.69, 9.17) is 20.8 Å². The third-order valence-corrected chi connectivity index (χ3v) is 4.94. The van der Waals surface area contributed by atoms with Gasteiger partial charge in [-0.3, -0.25) is 0 Å². The van der Waals surface area contributed by atoms with Crippen molar-refractivity contribution in [3.63, 3.8) is 0 Å². The zero-order valence-corrected chi connectivity index (χ0v) is 17.7. The van der Waals surface area contributed by atoms with Crippen LogP contribution < -0.4 is 4.90 Å². The molecule has 1 saturated heterocycles. The molecular weight excluding hydrogens is 394 g/mol. The Kier molecular flexibility index (Phi) is 4.90. The molecule has 2 aromatic heterocycles. The smallest absolute Gasteiger partial charge is 0.410 e. The Labute approximate surface area is 173 Å². The summed E-state index contributed by atoms with van der Waals surface area (Å²) < 4.78 is 11.6. The van der Waals surface area contributed by atoms with Crippen molar-refractivity contribution < 1.29 is 13.9 Å². The van der Waals surface area contributed by atoms with Gasteiger partial charge in [0.2, 0.25) is 0 Å². The van der Waals surface area contributed by atoms with Crippen LogP contribution in [-0.2, 0) is 4.74 Å². The number of aromatic nitrogens is 3. The minimum Gasteiger partial charge on any atom is -0.444 e. The van der Waals surface area contributed by atoms with Gasteiger partial charge in [-0.2, -0.15) is 4.98 Å². The van der Waals surface area contributed by atoms with Crippen LogP contribution in [0.15, 0.2) is 28.9 Å². The number of ether oxygens (including phenoxy) is 1. The average molecular weight is 418 g/mol. The number of aromatic amines is 1. The number of oxazole rings is 1. The van der Waals surface area contributed by atoms with E-state index >= 15 is 0 Å². The van der Waals surface area contributed by atoms with Crippen molar-refractivity contribution in [3.05, 3.63) is 29.5 Å². The van der Waals surface area contributed by atoms with Gasteiger partial charge in [-0.1, -0.05) is 11.6 Å². The van der Waals surface area contributed by atoms with Crippen molar-refractivity contribution in [2.75, 3.05) is 24.5 Å². The third-order valence-electron chi connectivity index (χ3n) is 4.72. The summed E-state index contributed by atoms with van der Waals surface area (Å²) in [6, 6.07) is 4.11. The summed E-state index contributed by atoms with van der Waals surface area (Å²) in [5.74, 6) is 0.669. The molecular formula is C20H24ClN5O3. The van der Waals surface area contributed by atoms with Crippen molar-refractivity contribution in [3.8, 4) is 11.4 Å². The first-order chi connectivity index (χ1) is 13.7. The maximum absolute atomic E-state index is 12.4. The highest BCUT2D eigenvalue weighted by molar-refractivity contribution is 6.31. The number of nitrogens with one attached hydrogen (secondary N) is 1. The number of carbonyl (C=O) groups is 1.